The van der Waals surface area contributed by atoms with E-state index in [1.165, 1.54) is 30.5 Å². The molecule has 0 spiro atoms. The van der Waals surface area contributed by atoms with Gasteiger partial charge in [-0.25, -0.2) is 4.39 Å². The number of H-pyrrole nitrogens is 1. The average molecular weight is 254 g/mol. The maximum atomic E-state index is 13.3. The van der Waals surface area contributed by atoms with E-state index in [4.69, 9.17) is 17.3 Å². The van der Waals surface area contributed by atoms with E-state index in [1.54, 1.807) is 0 Å². The second-order valence-electron chi connectivity index (χ2n) is 3.42. The minimum Gasteiger partial charge on any atom is -0.397 e. The molecular weight excluding hydrogens is 245 g/mol. The number of rotatable bonds is 2. The number of nitrogens with one attached hydrogen (secondary N) is 2. The van der Waals surface area contributed by atoms with Crippen molar-refractivity contribution in [1.82, 2.24) is 4.98 Å². The summed E-state index contributed by atoms with van der Waals surface area (Å²) in [5.41, 5.74) is 6.17. The fourth-order valence-corrected chi connectivity index (χ4v) is 1.50. The van der Waals surface area contributed by atoms with Crippen molar-refractivity contribution in [2.24, 2.45) is 0 Å². The topological polar surface area (TPSA) is 70.9 Å². The van der Waals surface area contributed by atoms with Gasteiger partial charge < -0.3 is 16.0 Å². The van der Waals surface area contributed by atoms with Gasteiger partial charge in [-0.2, -0.15) is 0 Å². The zero-order chi connectivity index (χ0) is 12.4. The molecule has 1 aromatic heterocycles. The van der Waals surface area contributed by atoms with Crippen molar-refractivity contribution < 1.29 is 9.18 Å². The molecule has 0 fully saturated rings. The predicted octanol–water partition coefficient (Wildman–Crippen LogP) is 2.64. The van der Waals surface area contributed by atoms with Gasteiger partial charge in [-0.1, -0.05) is 11.6 Å². The molecule has 6 heteroatoms. The highest BCUT2D eigenvalue weighted by Gasteiger charge is 2.11. The lowest BCUT2D eigenvalue weighted by atomic mass is 10.3. The molecule has 0 unspecified atom stereocenters. The lowest BCUT2D eigenvalue weighted by Gasteiger charge is -2.05. The van der Waals surface area contributed by atoms with Gasteiger partial charge in [0.2, 0.25) is 0 Å². The summed E-state index contributed by atoms with van der Waals surface area (Å²) in [6, 6.07) is 5.37. The number of hydrogen-bond donors (Lipinski definition) is 3. The molecule has 0 atom stereocenters. The van der Waals surface area contributed by atoms with Crippen LogP contribution in [0.1, 0.15) is 10.5 Å². The Morgan fingerprint density at radius 2 is 2.18 bits per heavy atom. The molecule has 0 bridgehead atoms. The SMILES string of the molecule is Nc1c[nH]c(C(=O)Nc2cc(Cl)ccc2F)c1. The van der Waals surface area contributed by atoms with Crippen LogP contribution in [0.4, 0.5) is 15.8 Å². The lowest BCUT2D eigenvalue weighted by Crippen LogP contribution is -2.13. The summed E-state index contributed by atoms with van der Waals surface area (Å²) < 4.78 is 13.3. The van der Waals surface area contributed by atoms with Crippen LogP contribution < -0.4 is 11.1 Å². The number of amides is 1. The highest BCUT2D eigenvalue weighted by atomic mass is 35.5. The molecule has 17 heavy (non-hydrogen) atoms. The predicted molar refractivity (Wildman–Crippen MR) is 64.6 cm³/mol. The summed E-state index contributed by atoms with van der Waals surface area (Å²) in [5, 5.41) is 2.74. The molecule has 0 radical (unpaired) electrons. The van der Waals surface area contributed by atoms with Crippen LogP contribution in [0.3, 0.4) is 0 Å². The molecule has 88 valence electrons. The zero-order valence-corrected chi connectivity index (χ0v) is 9.38. The van der Waals surface area contributed by atoms with E-state index in [0.29, 0.717) is 10.7 Å². The Morgan fingerprint density at radius 3 is 2.82 bits per heavy atom. The molecule has 4 nitrogen and oxygen atoms in total. The van der Waals surface area contributed by atoms with E-state index < -0.39 is 11.7 Å². The van der Waals surface area contributed by atoms with Gasteiger partial charge in [0.15, 0.2) is 0 Å². The van der Waals surface area contributed by atoms with Crippen LogP contribution in [0.5, 0.6) is 0 Å². The Morgan fingerprint density at radius 1 is 1.41 bits per heavy atom. The first-order valence-corrected chi connectivity index (χ1v) is 5.14. The van der Waals surface area contributed by atoms with Crippen LogP contribution in [-0.2, 0) is 0 Å². The minimum absolute atomic E-state index is 0.0238. The van der Waals surface area contributed by atoms with Crippen LogP contribution in [0.25, 0.3) is 0 Å². The number of carbonyl (C=O) groups excluding carboxylic acids is 1. The third-order valence-corrected chi connectivity index (χ3v) is 2.36. The second-order valence-corrected chi connectivity index (χ2v) is 3.86. The van der Waals surface area contributed by atoms with Crippen molar-refractivity contribution in [1.29, 1.82) is 0 Å². The summed E-state index contributed by atoms with van der Waals surface area (Å²) in [7, 11) is 0. The fourth-order valence-electron chi connectivity index (χ4n) is 1.33. The second kappa shape index (κ2) is 4.47. The number of nitrogens with two attached hydrogens (primary N) is 1. The molecule has 1 amide bonds. The number of benzene rings is 1. The van der Waals surface area contributed by atoms with Crippen LogP contribution in [0.2, 0.25) is 5.02 Å². The average Bonchev–Trinajstić information content (AvgIpc) is 2.70. The standard InChI is InChI=1S/C11H9ClFN3O/c12-6-1-2-8(13)9(3-6)16-11(17)10-4-7(14)5-15-10/h1-5,15H,14H2,(H,16,17). The molecule has 2 aromatic rings. The molecule has 2 rings (SSSR count). The summed E-state index contributed by atoms with van der Waals surface area (Å²) in [5.74, 6) is -1.04. The molecule has 4 N–H and O–H groups in total. The van der Waals surface area contributed by atoms with Crippen LogP contribution >= 0.6 is 11.6 Å². The first-order valence-electron chi connectivity index (χ1n) is 4.76. The summed E-state index contributed by atoms with van der Waals surface area (Å²) in [6.07, 6.45) is 1.48. The Kier molecular flexibility index (Phi) is 3.01. The van der Waals surface area contributed by atoms with Gasteiger partial charge in [0.1, 0.15) is 11.5 Å². The number of nitrogen functional groups attached to an aromatic ring is 1. The smallest absolute Gasteiger partial charge is 0.272 e. The molecule has 1 heterocycles. The van der Waals surface area contributed by atoms with Gasteiger partial charge in [0.25, 0.3) is 5.91 Å². The van der Waals surface area contributed by atoms with Gasteiger partial charge in [0, 0.05) is 16.9 Å². The number of aromatic amines is 1. The van der Waals surface area contributed by atoms with Crippen molar-refractivity contribution in [3.8, 4) is 0 Å². The van der Waals surface area contributed by atoms with Gasteiger partial charge in [-0.15, -0.1) is 0 Å². The van der Waals surface area contributed by atoms with E-state index in [1.807, 2.05) is 0 Å². The molecule has 0 saturated carbocycles. The normalized spacial score (nSPS) is 10.2. The molecule has 0 saturated heterocycles. The number of halogens is 2. The number of carbonyl (C=O) groups is 1. The summed E-state index contributed by atoms with van der Waals surface area (Å²) in [4.78, 5) is 14.4. The van der Waals surface area contributed by atoms with Gasteiger partial charge in [-0.3, -0.25) is 4.79 Å². The maximum absolute atomic E-state index is 13.3. The largest absolute Gasteiger partial charge is 0.397 e. The number of hydrogen-bond acceptors (Lipinski definition) is 2. The first kappa shape index (κ1) is 11.5. The zero-order valence-electron chi connectivity index (χ0n) is 8.63. The van der Waals surface area contributed by atoms with E-state index in [9.17, 15) is 9.18 Å². The van der Waals surface area contributed by atoms with E-state index in [-0.39, 0.29) is 11.4 Å². The number of anilines is 2. The maximum Gasteiger partial charge on any atom is 0.272 e. The van der Waals surface area contributed by atoms with Crippen LogP contribution in [0.15, 0.2) is 30.5 Å². The third-order valence-electron chi connectivity index (χ3n) is 2.13. The van der Waals surface area contributed by atoms with Crippen molar-refractivity contribution in [3.63, 3.8) is 0 Å². The van der Waals surface area contributed by atoms with E-state index in [2.05, 4.69) is 10.3 Å². The molecule has 0 aliphatic heterocycles. The Balaban J connectivity index is 2.21. The Labute approximate surface area is 102 Å². The fraction of sp³-hybridized carbons (Fsp3) is 0. The van der Waals surface area contributed by atoms with Gasteiger partial charge in [0.05, 0.1) is 5.69 Å². The highest BCUT2D eigenvalue weighted by molar-refractivity contribution is 6.31. The monoisotopic (exact) mass is 253 g/mol. The van der Waals surface area contributed by atoms with Gasteiger partial charge >= 0.3 is 0 Å². The van der Waals surface area contributed by atoms with Crippen molar-refractivity contribution in [3.05, 3.63) is 47.0 Å². The highest BCUT2D eigenvalue weighted by Crippen LogP contribution is 2.20. The van der Waals surface area contributed by atoms with E-state index >= 15 is 0 Å². The number of aromatic nitrogens is 1. The van der Waals surface area contributed by atoms with E-state index in [0.717, 1.165) is 0 Å². The first-order chi connectivity index (χ1) is 8.06. The quantitative estimate of drug-likeness (QED) is 0.770. The van der Waals surface area contributed by atoms with Crippen molar-refractivity contribution >= 4 is 28.9 Å². The molecular formula is C11H9ClFN3O. The van der Waals surface area contributed by atoms with Crippen LogP contribution in [0, 0.1) is 5.82 Å². The molecule has 0 aliphatic carbocycles. The third kappa shape index (κ3) is 2.57. The van der Waals surface area contributed by atoms with Crippen LogP contribution in [-0.4, -0.2) is 10.9 Å². The minimum atomic E-state index is -0.553. The molecule has 0 aliphatic rings. The Hall–Kier alpha value is -2.01. The van der Waals surface area contributed by atoms with Crippen molar-refractivity contribution in [2.75, 3.05) is 11.1 Å². The summed E-state index contributed by atoms with van der Waals surface area (Å²) in [6.45, 7) is 0. The lowest BCUT2D eigenvalue weighted by molar-refractivity contribution is 0.102. The summed E-state index contributed by atoms with van der Waals surface area (Å²) >= 11 is 5.70. The van der Waals surface area contributed by atoms with Gasteiger partial charge in [-0.05, 0) is 24.3 Å². The molecule has 1 aromatic carbocycles. The van der Waals surface area contributed by atoms with Crippen molar-refractivity contribution in [2.45, 2.75) is 0 Å². The Bertz CT molecular complexity index is 568.